The minimum atomic E-state index is -3.98. The first-order chi connectivity index (χ1) is 16.6. The molecule has 7 heteroatoms. The first kappa shape index (κ1) is 25.3. The molecule has 184 valence electrons. The van der Waals surface area contributed by atoms with Gasteiger partial charge in [0.2, 0.25) is 5.91 Å². The Hall–Kier alpha value is -2.83. The number of sulfonamides is 1. The summed E-state index contributed by atoms with van der Waals surface area (Å²) >= 11 is 6.12. The van der Waals surface area contributed by atoms with Gasteiger partial charge in [0.25, 0.3) is 10.0 Å². The molecule has 1 aliphatic rings. The fraction of sp³-hybridized carbons (Fsp3) is 0.321. The fourth-order valence-electron chi connectivity index (χ4n) is 4.56. The van der Waals surface area contributed by atoms with Crippen molar-refractivity contribution in [2.24, 2.45) is 0 Å². The summed E-state index contributed by atoms with van der Waals surface area (Å²) in [5, 5.41) is 3.50. The van der Waals surface area contributed by atoms with E-state index in [-0.39, 0.29) is 23.4 Å². The molecule has 3 aromatic carbocycles. The van der Waals surface area contributed by atoms with Gasteiger partial charge < -0.3 is 5.32 Å². The summed E-state index contributed by atoms with van der Waals surface area (Å²) in [7, 11) is -3.98. The Bertz CT molecular complexity index is 1340. The molecule has 1 N–H and O–H groups in total. The zero-order valence-electron chi connectivity index (χ0n) is 20.3. The maximum atomic E-state index is 13.6. The summed E-state index contributed by atoms with van der Waals surface area (Å²) in [6, 6.07) is 17.7. The van der Waals surface area contributed by atoms with Crippen LogP contribution in [0.4, 0.5) is 5.69 Å². The van der Waals surface area contributed by atoms with E-state index in [1.807, 2.05) is 13.8 Å². The van der Waals surface area contributed by atoms with E-state index < -0.39 is 10.0 Å². The Balaban J connectivity index is 1.60. The number of halogens is 1. The summed E-state index contributed by atoms with van der Waals surface area (Å²) in [6.45, 7) is 5.27. The van der Waals surface area contributed by atoms with Crippen molar-refractivity contribution < 1.29 is 13.2 Å². The largest absolute Gasteiger partial charge is 0.348 e. The number of hydrogen-bond donors (Lipinski definition) is 1. The van der Waals surface area contributed by atoms with E-state index in [1.165, 1.54) is 24.0 Å². The number of fused-ring (bicyclic) bond motifs is 1. The Morgan fingerprint density at radius 2 is 1.66 bits per heavy atom. The average molecular weight is 511 g/mol. The van der Waals surface area contributed by atoms with Crippen molar-refractivity contribution in [3.8, 4) is 0 Å². The van der Waals surface area contributed by atoms with Crippen LogP contribution in [0.5, 0.6) is 0 Å². The third kappa shape index (κ3) is 5.71. The van der Waals surface area contributed by atoms with Gasteiger partial charge in [0.15, 0.2) is 0 Å². The second-order valence-corrected chi connectivity index (χ2v) is 11.6. The van der Waals surface area contributed by atoms with Crippen molar-refractivity contribution in [3.05, 3.63) is 93.5 Å². The summed E-state index contributed by atoms with van der Waals surface area (Å²) in [6.07, 6.45) is 4.56. The van der Waals surface area contributed by atoms with Crippen LogP contribution in [0.15, 0.2) is 65.6 Å². The summed E-state index contributed by atoms with van der Waals surface area (Å²) in [4.78, 5) is 13.3. The lowest BCUT2D eigenvalue weighted by atomic mass is 9.89. The monoisotopic (exact) mass is 510 g/mol. The van der Waals surface area contributed by atoms with Crippen molar-refractivity contribution in [2.75, 3.05) is 10.8 Å². The number of nitrogens with one attached hydrogen (secondary N) is 1. The molecule has 0 spiro atoms. The number of carbonyl (C=O) groups excluding carboxylic acids is 1. The molecular weight excluding hydrogens is 480 g/mol. The lowest BCUT2D eigenvalue weighted by molar-refractivity contribution is -0.120. The van der Waals surface area contributed by atoms with E-state index in [0.717, 1.165) is 28.3 Å². The van der Waals surface area contributed by atoms with Crippen LogP contribution < -0.4 is 9.62 Å². The first-order valence-electron chi connectivity index (χ1n) is 11.9. The number of amides is 1. The molecule has 5 nitrogen and oxygen atoms in total. The molecule has 0 radical (unpaired) electrons. The molecule has 0 aromatic heterocycles. The SMILES string of the molecule is Cc1ccc(S(=O)(=O)N(CC(=O)NC(C)c2ccc3c(c2)CCCC3)c2ccc(Cl)cc2C)cc1. The Kier molecular flexibility index (Phi) is 7.53. The number of nitrogens with zero attached hydrogens (tertiary/aromatic N) is 1. The Morgan fingerprint density at radius 3 is 2.34 bits per heavy atom. The van der Waals surface area contributed by atoms with Gasteiger partial charge in [0, 0.05) is 5.02 Å². The lowest BCUT2D eigenvalue weighted by Gasteiger charge is -2.27. The molecule has 0 aliphatic heterocycles. The summed E-state index contributed by atoms with van der Waals surface area (Å²) < 4.78 is 28.5. The zero-order chi connectivity index (χ0) is 25.2. The van der Waals surface area contributed by atoms with E-state index >= 15 is 0 Å². The molecule has 1 atom stereocenters. The van der Waals surface area contributed by atoms with Crippen molar-refractivity contribution in [2.45, 2.75) is 57.4 Å². The number of rotatable bonds is 7. The van der Waals surface area contributed by atoms with Gasteiger partial charge in [-0.05, 0) is 99.0 Å². The average Bonchev–Trinajstić information content (AvgIpc) is 2.83. The number of anilines is 1. The zero-order valence-corrected chi connectivity index (χ0v) is 21.9. The summed E-state index contributed by atoms with van der Waals surface area (Å²) in [5.74, 6) is -0.375. The van der Waals surface area contributed by atoms with E-state index in [9.17, 15) is 13.2 Å². The quantitative estimate of drug-likeness (QED) is 0.429. The highest BCUT2D eigenvalue weighted by Gasteiger charge is 2.29. The van der Waals surface area contributed by atoms with Gasteiger partial charge in [0.05, 0.1) is 16.6 Å². The second kappa shape index (κ2) is 10.4. The molecule has 4 rings (SSSR count). The molecular formula is C28H31ClN2O3S. The smallest absolute Gasteiger partial charge is 0.264 e. The Labute approximate surface area is 213 Å². The van der Waals surface area contributed by atoms with E-state index in [4.69, 9.17) is 11.6 Å². The maximum absolute atomic E-state index is 13.6. The Morgan fingerprint density at radius 1 is 0.971 bits per heavy atom. The van der Waals surface area contributed by atoms with Crippen LogP contribution >= 0.6 is 11.6 Å². The second-order valence-electron chi connectivity index (χ2n) is 9.28. The molecule has 1 unspecified atom stereocenters. The molecule has 3 aromatic rings. The highest BCUT2D eigenvalue weighted by Crippen LogP contribution is 2.29. The van der Waals surface area contributed by atoms with Gasteiger partial charge in [-0.3, -0.25) is 9.10 Å². The third-order valence-corrected chi connectivity index (χ3v) is 8.58. The highest BCUT2D eigenvalue weighted by atomic mass is 35.5. The number of aryl methyl sites for hydroxylation is 4. The van der Waals surface area contributed by atoms with Crippen molar-refractivity contribution in [1.29, 1.82) is 0 Å². The van der Waals surface area contributed by atoms with Crippen LogP contribution in [0, 0.1) is 13.8 Å². The van der Waals surface area contributed by atoms with Crippen LogP contribution in [0.1, 0.15) is 53.6 Å². The van der Waals surface area contributed by atoms with Gasteiger partial charge in [-0.1, -0.05) is 47.5 Å². The third-order valence-electron chi connectivity index (χ3n) is 6.57. The number of carbonyl (C=O) groups is 1. The predicted octanol–water partition coefficient (Wildman–Crippen LogP) is 5.91. The highest BCUT2D eigenvalue weighted by molar-refractivity contribution is 7.92. The minimum Gasteiger partial charge on any atom is -0.348 e. The topological polar surface area (TPSA) is 66.5 Å². The number of hydrogen-bond acceptors (Lipinski definition) is 3. The van der Waals surface area contributed by atoms with Crippen LogP contribution in [0.25, 0.3) is 0 Å². The van der Waals surface area contributed by atoms with Crippen molar-refractivity contribution >= 4 is 33.2 Å². The van der Waals surface area contributed by atoms with Gasteiger partial charge >= 0.3 is 0 Å². The van der Waals surface area contributed by atoms with Gasteiger partial charge in [-0.15, -0.1) is 0 Å². The molecule has 1 aliphatic carbocycles. The van der Waals surface area contributed by atoms with E-state index in [1.54, 1.807) is 49.4 Å². The molecule has 35 heavy (non-hydrogen) atoms. The van der Waals surface area contributed by atoms with Crippen molar-refractivity contribution in [1.82, 2.24) is 5.32 Å². The maximum Gasteiger partial charge on any atom is 0.264 e. The number of benzene rings is 3. The van der Waals surface area contributed by atoms with Crippen LogP contribution in [0.2, 0.25) is 5.02 Å². The van der Waals surface area contributed by atoms with E-state index in [0.29, 0.717) is 16.3 Å². The predicted molar refractivity (Wildman–Crippen MR) is 142 cm³/mol. The minimum absolute atomic E-state index is 0.132. The van der Waals surface area contributed by atoms with Gasteiger partial charge in [-0.2, -0.15) is 0 Å². The molecule has 0 bridgehead atoms. The first-order valence-corrected chi connectivity index (χ1v) is 13.7. The standard InChI is InChI=1S/C28H31ClN2O3S/c1-19-8-13-26(14-9-19)35(33,34)31(27-15-12-25(29)16-20(27)2)18-28(32)30-21(3)23-11-10-22-6-4-5-7-24(22)17-23/h8-17,21H,4-7,18H2,1-3H3,(H,30,32). The normalized spacial score (nSPS) is 14.2. The van der Waals surface area contributed by atoms with Crippen LogP contribution in [0.3, 0.4) is 0 Å². The van der Waals surface area contributed by atoms with E-state index in [2.05, 4.69) is 23.5 Å². The molecule has 0 saturated carbocycles. The van der Waals surface area contributed by atoms with Crippen LogP contribution in [-0.4, -0.2) is 20.9 Å². The van der Waals surface area contributed by atoms with Crippen molar-refractivity contribution in [3.63, 3.8) is 0 Å². The molecule has 0 saturated heterocycles. The van der Waals surface area contributed by atoms with Crippen LogP contribution in [-0.2, 0) is 27.7 Å². The van der Waals surface area contributed by atoms with Gasteiger partial charge in [-0.25, -0.2) is 8.42 Å². The molecule has 1 amide bonds. The lowest BCUT2D eigenvalue weighted by Crippen LogP contribution is -2.42. The molecule has 0 fully saturated rings. The van der Waals surface area contributed by atoms with Gasteiger partial charge in [0.1, 0.15) is 6.54 Å². The fourth-order valence-corrected chi connectivity index (χ4v) is 6.27. The molecule has 0 heterocycles. The summed E-state index contributed by atoms with van der Waals surface area (Å²) in [5.41, 5.74) is 5.79.